The first-order valence-electron chi connectivity index (χ1n) is 11.5. The van der Waals surface area contributed by atoms with Crippen molar-refractivity contribution in [2.75, 3.05) is 18.9 Å². The fourth-order valence-electron chi connectivity index (χ4n) is 4.10. The molecule has 0 saturated heterocycles. The monoisotopic (exact) mass is 483 g/mol. The van der Waals surface area contributed by atoms with E-state index in [1.54, 1.807) is 24.3 Å². The van der Waals surface area contributed by atoms with Crippen molar-refractivity contribution in [2.24, 2.45) is 0 Å². The Bertz CT molecular complexity index is 1480. The molecule has 7 heteroatoms. The number of rotatable bonds is 8. The molecule has 0 bridgehead atoms. The molecule has 176 valence electrons. The van der Waals surface area contributed by atoms with Crippen LogP contribution in [0.4, 0.5) is 5.69 Å². The lowest BCUT2D eigenvalue weighted by molar-refractivity contribution is 0.103. The van der Waals surface area contributed by atoms with Gasteiger partial charge in [0.2, 0.25) is 5.78 Å². The summed E-state index contributed by atoms with van der Waals surface area (Å²) in [6.45, 7) is 5.08. The highest BCUT2D eigenvalue weighted by Crippen LogP contribution is 2.39. The van der Waals surface area contributed by atoms with Crippen LogP contribution in [-0.2, 0) is 0 Å². The summed E-state index contributed by atoms with van der Waals surface area (Å²) in [5, 5.41) is 2.77. The Morgan fingerprint density at radius 3 is 2.26 bits per heavy atom. The summed E-state index contributed by atoms with van der Waals surface area (Å²) in [6, 6.07) is 20.8. The summed E-state index contributed by atoms with van der Waals surface area (Å²) >= 11 is 1.51. The van der Waals surface area contributed by atoms with Gasteiger partial charge in [-0.2, -0.15) is 0 Å². The number of nitrogens with zero attached hydrogens (tertiary/aromatic N) is 2. The largest absolute Gasteiger partial charge is 0.494 e. The SMILES string of the molecule is CCOc1ccc(C(=O)c2c(N)c(-c3nc(-c4ccc(OCC)cc4)cs3)c3ccccn23)cc1. The van der Waals surface area contributed by atoms with Crippen LogP contribution in [0, 0.1) is 0 Å². The maximum atomic E-state index is 13.5. The normalized spacial score (nSPS) is 11.0. The number of hydrogen-bond donors (Lipinski definition) is 1. The van der Waals surface area contributed by atoms with E-state index in [0.29, 0.717) is 30.2 Å². The van der Waals surface area contributed by atoms with Gasteiger partial charge in [0.05, 0.1) is 35.7 Å². The van der Waals surface area contributed by atoms with Gasteiger partial charge in [-0.05, 0) is 74.5 Å². The Morgan fingerprint density at radius 1 is 0.943 bits per heavy atom. The van der Waals surface area contributed by atoms with Gasteiger partial charge in [-0.15, -0.1) is 11.3 Å². The van der Waals surface area contributed by atoms with Crippen molar-refractivity contribution in [1.82, 2.24) is 9.38 Å². The van der Waals surface area contributed by atoms with Crippen molar-refractivity contribution >= 4 is 28.3 Å². The van der Waals surface area contributed by atoms with E-state index in [2.05, 4.69) is 0 Å². The molecule has 35 heavy (non-hydrogen) atoms. The minimum Gasteiger partial charge on any atom is -0.494 e. The van der Waals surface area contributed by atoms with Crippen LogP contribution < -0.4 is 15.2 Å². The third kappa shape index (κ3) is 4.26. The van der Waals surface area contributed by atoms with Crippen LogP contribution in [0.5, 0.6) is 11.5 Å². The number of carbonyl (C=O) groups excluding carboxylic acids is 1. The summed E-state index contributed by atoms with van der Waals surface area (Å²) in [6.07, 6.45) is 1.86. The van der Waals surface area contributed by atoms with Gasteiger partial charge in [0.25, 0.3) is 0 Å². The number of carbonyl (C=O) groups is 1. The van der Waals surface area contributed by atoms with E-state index in [-0.39, 0.29) is 5.78 Å². The molecule has 0 aliphatic heterocycles. The number of anilines is 1. The van der Waals surface area contributed by atoms with E-state index in [9.17, 15) is 4.79 Å². The van der Waals surface area contributed by atoms with Crippen molar-refractivity contribution < 1.29 is 14.3 Å². The van der Waals surface area contributed by atoms with Crippen LogP contribution in [0.1, 0.15) is 29.9 Å². The smallest absolute Gasteiger partial charge is 0.211 e. The van der Waals surface area contributed by atoms with Crippen LogP contribution in [0.2, 0.25) is 0 Å². The van der Waals surface area contributed by atoms with Crippen molar-refractivity contribution in [2.45, 2.75) is 13.8 Å². The minimum absolute atomic E-state index is 0.152. The molecule has 0 radical (unpaired) electrons. The Morgan fingerprint density at radius 2 is 1.60 bits per heavy atom. The second-order valence-corrected chi connectivity index (χ2v) is 8.73. The highest BCUT2D eigenvalue weighted by molar-refractivity contribution is 7.13. The molecule has 0 fully saturated rings. The highest BCUT2D eigenvalue weighted by Gasteiger charge is 2.25. The molecule has 0 aliphatic carbocycles. The predicted molar refractivity (Wildman–Crippen MR) is 141 cm³/mol. The number of ether oxygens (including phenoxy) is 2. The average Bonchev–Trinajstić information content (AvgIpc) is 3.47. The number of nitrogens with two attached hydrogens (primary N) is 1. The lowest BCUT2D eigenvalue weighted by Crippen LogP contribution is -2.08. The highest BCUT2D eigenvalue weighted by atomic mass is 32.1. The number of nitrogen functional groups attached to an aromatic ring is 1. The fourth-order valence-corrected chi connectivity index (χ4v) is 5.00. The van der Waals surface area contributed by atoms with Gasteiger partial charge < -0.3 is 19.6 Å². The molecule has 2 aromatic carbocycles. The van der Waals surface area contributed by atoms with Gasteiger partial charge in [-0.1, -0.05) is 6.07 Å². The number of aromatic nitrogens is 2. The molecule has 5 aromatic rings. The molecule has 0 spiro atoms. The lowest BCUT2D eigenvalue weighted by Gasteiger charge is -2.06. The fraction of sp³-hybridized carbons (Fsp3) is 0.143. The summed E-state index contributed by atoms with van der Waals surface area (Å²) in [5.41, 5.74) is 11.5. The van der Waals surface area contributed by atoms with Gasteiger partial charge >= 0.3 is 0 Å². The molecular weight excluding hydrogens is 458 g/mol. The van der Waals surface area contributed by atoms with Crippen molar-refractivity contribution in [3.63, 3.8) is 0 Å². The Balaban J connectivity index is 1.55. The zero-order valence-electron chi connectivity index (χ0n) is 19.5. The molecule has 6 nitrogen and oxygen atoms in total. The summed E-state index contributed by atoms with van der Waals surface area (Å²) in [4.78, 5) is 18.4. The van der Waals surface area contributed by atoms with Gasteiger partial charge in [0.1, 0.15) is 22.2 Å². The van der Waals surface area contributed by atoms with Crippen molar-refractivity contribution in [3.8, 4) is 33.3 Å². The molecular formula is C28H25N3O3S. The van der Waals surface area contributed by atoms with Crippen LogP contribution in [0.15, 0.2) is 78.3 Å². The lowest BCUT2D eigenvalue weighted by atomic mass is 10.1. The zero-order valence-corrected chi connectivity index (χ0v) is 20.3. The average molecular weight is 484 g/mol. The molecule has 2 N–H and O–H groups in total. The molecule has 3 heterocycles. The summed E-state index contributed by atoms with van der Waals surface area (Å²) in [5.74, 6) is 1.40. The van der Waals surface area contributed by atoms with Crippen molar-refractivity contribution in [1.29, 1.82) is 0 Å². The van der Waals surface area contributed by atoms with Crippen LogP contribution in [0.3, 0.4) is 0 Å². The quantitative estimate of drug-likeness (QED) is 0.261. The summed E-state index contributed by atoms with van der Waals surface area (Å²) in [7, 11) is 0. The summed E-state index contributed by atoms with van der Waals surface area (Å²) < 4.78 is 12.9. The third-order valence-corrected chi connectivity index (χ3v) is 6.56. The van der Waals surface area contributed by atoms with Crippen molar-refractivity contribution in [3.05, 3.63) is 89.6 Å². The van der Waals surface area contributed by atoms with Gasteiger partial charge in [0, 0.05) is 22.7 Å². The zero-order chi connectivity index (χ0) is 24.4. The van der Waals surface area contributed by atoms with Gasteiger partial charge in [0.15, 0.2) is 0 Å². The number of pyridine rings is 1. The Hall–Kier alpha value is -4.10. The van der Waals surface area contributed by atoms with E-state index < -0.39 is 0 Å². The molecule has 0 saturated carbocycles. The predicted octanol–water partition coefficient (Wildman–Crippen LogP) is 6.34. The number of thiazole rings is 1. The molecule has 0 aliphatic rings. The number of ketones is 1. The topological polar surface area (TPSA) is 78.9 Å². The number of benzene rings is 2. The van der Waals surface area contributed by atoms with Crippen LogP contribution in [0.25, 0.3) is 27.3 Å². The number of hydrogen-bond acceptors (Lipinski definition) is 6. The van der Waals surface area contributed by atoms with Gasteiger partial charge in [-0.25, -0.2) is 4.98 Å². The van der Waals surface area contributed by atoms with Crippen LogP contribution >= 0.6 is 11.3 Å². The van der Waals surface area contributed by atoms with E-state index in [0.717, 1.165) is 38.8 Å². The maximum absolute atomic E-state index is 13.5. The second kappa shape index (κ2) is 9.64. The molecule has 3 aromatic heterocycles. The second-order valence-electron chi connectivity index (χ2n) is 7.87. The minimum atomic E-state index is -0.152. The number of fused-ring (bicyclic) bond motifs is 1. The molecule has 0 amide bonds. The maximum Gasteiger partial charge on any atom is 0.211 e. The molecule has 5 rings (SSSR count). The Labute approximate surface area is 207 Å². The standard InChI is InChI=1S/C28H25N3O3S/c1-3-33-20-12-8-18(9-13-20)22-17-35-28(30-22)24-23-7-5-6-16-31(23)26(25(24)29)27(32)19-10-14-21(15-11-19)34-4-2/h5-17H,3-4,29H2,1-2H3. The van der Waals surface area contributed by atoms with E-state index in [1.807, 2.05) is 72.3 Å². The third-order valence-electron chi connectivity index (χ3n) is 5.70. The van der Waals surface area contributed by atoms with E-state index >= 15 is 0 Å². The van der Waals surface area contributed by atoms with Gasteiger partial charge in [-0.3, -0.25) is 4.79 Å². The molecule has 0 atom stereocenters. The first-order chi connectivity index (χ1) is 17.1. The van der Waals surface area contributed by atoms with Crippen LogP contribution in [-0.4, -0.2) is 28.4 Å². The van der Waals surface area contributed by atoms with E-state index in [4.69, 9.17) is 20.2 Å². The first-order valence-corrected chi connectivity index (χ1v) is 12.3. The first kappa shape index (κ1) is 22.7. The molecule has 0 unspecified atom stereocenters. The Kier molecular flexibility index (Phi) is 6.25. The van der Waals surface area contributed by atoms with E-state index in [1.165, 1.54) is 11.3 Å².